The van der Waals surface area contributed by atoms with Gasteiger partial charge in [-0.1, -0.05) is 0 Å². The van der Waals surface area contributed by atoms with E-state index in [1.807, 2.05) is 16.7 Å². The molecule has 0 saturated carbocycles. The van der Waals surface area contributed by atoms with E-state index in [4.69, 9.17) is 17.0 Å². The van der Waals surface area contributed by atoms with Gasteiger partial charge in [-0.15, -0.1) is 0 Å². The number of fused-ring (bicyclic) bond motifs is 1. The Morgan fingerprint density at radius 2 is 2.35 bits per heavy atom. The highest BCUT2D eigenvalue weighted by atomic mass is 32.2. The number of nitrogens with one attached hydrogen (secondary N) is 1. The van der Waals surface area contributed by atoms with Crippen LogP contribution in [0.3, 0.4) is 0 Å². The van der Waals surface area contributed by atoms with Gasteiger partial charge in [0.05, 0.1) is 12.6 Å². The van der Waals surface area contributed by atoms with Crippen LogP contribution in [0, 0.1) is 4.77 Å². The third-order valence-corrected chi connectivity index (χ3v) is 3.71. The number of methoxy groups -OCH3 is 1. The molecule has 0 aromatic carbocycles. The summed E-state index contributed by atoms with van der Waals surface area (Å²) in [5.74, 6) is 1.61. The molecule has 0 radical (unpaired) electrons. The number of hydrogen-bond acceptors (Lipinski definition) is 4. The highest BCUT2D eigenvalue weighted by molar-refractivity contribution is 7.98. The average molecular weight is 269 g/mol. The Balaban J connectivity index is 2.60. The second-order valence-corrected chi connectivity index (χ2v) is 5.13. The van der Waals surface area contributed by atoms with Crippen LogP contribution in [0.2, 0.25) is 0 Å². The standard InChI is InChI=1S/C11H15N3OS2/c1-7(6-17-3)14-10-8(12-11(14)16)4-5-9(13-10)15-2/h4-5,7H,6H2,1-3H3,(H,12,16). The van der Waals surface area contributed by atoms with E-state index >= 15 is 0 Å². The smallest absolute Gasteiger partial charge is 0.215 e. The fourth-order valence-corrected chi connectivity index (χ4v) is 2.83. The Morgan fingerprint density at radius 1 is 1.59 bits per heavy atom. The van der Waals surface area contributed by atoms with Crippen molar-refractivity contribution in [3.8, 4) is 5.88 Å². The molecule has 0 aliphatic carbocycles. The summed E-state index contributed by atoms with van der Waals surface area (Å²) in [4.78, 5) is 7.62. The molecule has 0 amide bonds. The number of nitrogens with zero attached hydrogens (tertiary/aromatic N) is 2. The second kappa shape index (κ2) is 5.10. The summed E-state index contributed by atoms with van der Waals surface area (Å²) in [6.07, 6.45) is 2.09. The van der Waals surface area contributed by atoms with E-state index in [0.29, 0.717) is 16.7 Å². The molecule has 0 fully saturated rings. The Morgan fingerprint density at radius 3 is 3.00 bits per heavy atom. The lowest BCUT2D eigenvalue weighted by Crippen LogP contribution is -2.08. The van der Waals surface area contributed by atoms with E-state index < -0.39 is 0 Å². The molecule has 2 aromatic rings. The molecule has 0 bridgehead atoms. The fraction of sp³-hybridized carbons (Fsp3) is 0.455. The molecule has 0 spiro atoms. The molecule has 2 aromatic heterocycles. The number of rotatable bonds is 4. The molecule has 0 aliphatic rings. The van der Waals surface area contributed by atoms with Gasteiger partial charge in [-0.2, -0.15) is 16.7 Å². The molecule has 0 aliphatic heterocycles. The van der Waals surface area contributed by atoms with Crippen molar-refractivity contribution in [3.05, 3.63) is 16.9 Å². The number of aromatic nitrogens is 3. The number of H-pyrrole nitrogens is 1. The maximum absolute atomic E-state index is 5.34. The molecular weight excluding hydrogens is 254 g/mol. The minimum absolute atomic E-state index is 0.311. The van der Waals surface area contributed by atoms with Crippen molar-refractivity contribution in [2.45, 2.75) is 13.0 Å². The minimum atomic E-state index is 0.311. The lowest BCUT2D eigenvalue weighted by atomic mass is 10.3. The zero-order chi connectivity index (χ0) is 12.4. The first-order chi connectivity index (χ1) is 8.17. The van der Waals surface area contributed by atoms with Gasteiger partial charge in [0.2, 0.25) is 5.88 Å². The van der Waals surface area contributed by atoms with Gasteiger partial charge in [-0.3, -0.25) is 4.57 Å². The maximum atomic E-state index is 5.34. The number of thioether (sulfide) groups is 1. The Kier molecular flexibility index (Phi) is 3.73. The van der Waals surface area contributed by atoms with Crippen LogP contribution < -0.4 is 4.74 Å². The zero-order valence-corrected chi connectivity index (χ0v) is 11.7. The van der Waals surface area contributed by atoms with Crippen molar-refractivity contribution < 1.29 is 4.74 Å². The zero-order valence-electron chi connectivity index (χ0n) is 10.1. The molecule has 4 nitrogen and oxygen atoms in total. The van der Waals surface area contributed by atoms with Crippen LogP contribution in [0.5, 0.6) is 5.88 Å². The number of aromatic amines is 1. The van der Waals surface area contributed by atoms with E-state index in [9.17, 15) is 0 Å². The summed E-state index contributed by atoms with van der Waals surface area (Å²) in [6.45, 7) is 2.14. The number of hydrogen-bond donors (Lipinski definition) is 1. The van der Waals surface area contributed by atoms with E-state index in [1.54, 1.807) is 18.9 Å². The summed E-state index contributed by atoms with van der Waals surface area (Å²) < 4.78 is 7.90. The maximum Gasteiger partial charge on any atom is 0.215 e. The first kappa shape index (κ1) is 12.4. The topological polar surface area (TPSA) is 42.8 Å². The van der Waals surface area contributed by atoms with Crippen molar-refractivity contribution in [1.82, 2.24) is 14.5 Å². The van der Waals surface area contributed by atoms with Crippen LogP contribution in [0.4, 0.5) is 0 Å². The predicted octanol–water partition coefficient (Wildman–Crippen LogP) is 3.03. The SMILES string of the molecule is COc1ccc2[nH]c(=S)n(C(C)CSC)c2n1. The number of pyridine rings is 1. The van der Waals surface area contributed by atoms with Crippen molar-refractivity contribution in [2.24, 2.45) is 0 Å². The summed E-state index contributed by atoms with van der Waals surface area (Å²) >= 11 is 7.14. The van der Waals surface area contributed by atoms with Gasteiger partial charge in [-0.25, -0.2) is 0 Å². The third-order valence-electron chi connectivity index (χ3n) is 2.60. The molecule has 0 saturated heterocycles. The van der Waals surface area contributed by atoms with Gasteiger partial charge in [0.1, 0.15) is 0 Å². The highest BCUT2D eigenvalue weighted by Gasteiger charge is 2.12. The molecule has 92 valence electrons. The first-order valence-electron chi connectivity index (χ1n) is 5.31. The van der Waals surface area contributed by atoms with E-state index in [-0.39, 0.29) is 0 Å². The van der Waals surface area contributed by atoms with Gasteiger partial charge < -0.3 is 9.72 Å². The monoisotopic (exact) mass is 269 g/mol. The van der Waals surface area contributed by atoms with Gasteiger partial charge in [0.15, 0.2) is 10.4 Å². The predicted molar refractivity (Wildman–Crippen MR) is 74.6 cm³/mol. The summed E-state index contributed by atoms with van der Waals surface area (Å²) in [7, 11) is 1.62. The fourth-order valence-electron chi connectivity index (χ4n) is 1.82. The molecule has 6 heteroatoms. The second-order valence-electron chi connectivity index (χ2n) is 3.83. The van der Waals surface area contributed by atoms with E-state index in [1.165, 1.54) is 0 Å². The molecule has 1 unspecified atom stereocenters. The lowest BCUT2D eigenvalue weighted by molar-refractivity contribution is 0.398. The lowest BCUT2D eigenvalue weighted by Gasteiger charge is -2.12. The van der Waals surface area contributed by atoms with Crippen LogP contribution in [0.25, 0.3) is 11.2 Å². The highest BCUT2D eigenvalue weighted by Crippen LogP contribution is 2.21. The van der Waals surface area contributed by atoms with Crippen LogP contribution in [-0.4, -0.2) is 33.7 Å². The normalized spacial score (nSPS) is 12.9. The summed E-state index contributed by atoms with van der Waals surface area (Å²) in [5.41, 5.74) is 1.81. The summed E-state index contributed by atoms with van der Waals surface area (Å²) in [6, 6.07) is 4.09. The molecule has 1 atom stereocenters. The van der Waals surface area contributed by atoms with E-state index in [2.05, 4.69) is 23.1 Å². The molecule has 17 heavy (non-hydrogen) atoms. The van der Waals surface area contributed by atoms with Gasteiger partial charge in [0, 0.05) is 17.9 Å². The van der Waals surface area contributed by atoms with Crippen molar-refractivity contribution >= 4 is 35.1 Å². The minimum Gasteiger partial charge on any atom is -0.481 e. The van der Waals surface area contributed by atoms with E-state index in [0.717, 1.165) is 16.9 Å². The third kappa shape index (κ3) is 2.32. The van der Waals surface area contributed by atoms with Crippen LogP contribution in [0.1, 0.15) is 13.0 Å². The molecule has 2 rings (SSSR count). The number of imidazole rings is 1. The van der Waals surface area contributed by atoms with Crippen molar-refractivity contribution in [3.63, 3.8) is 0 Å². The first-order valence-corrected chi connectivity index (χ1v) is 7.11. The average Bonchev–Trinajstić information content (AvgIpc) is 2.64. The molecule has 2 heterocycles. The van der Waals surface area contributed by atoms with Gasteiger partial charge >= 0.3 is 0 Å². The van der Waals surface area contributed by atoms with Gasteiger partial charge in [0.25, 0.3) is 0 Å². The van der Waals surface area contributed by atoms with Gasteiger partial charge in [-0.05, 0) is 31.5 Å². The summed E-state index contributed by atoms with van der Waals surface area (Å²) in [5, 5.41) is 0. The molecular formula is C11H15N3OS2. The van der Waals surface area contributed by atoms with Crippen LogP contribution >= 0.6 is 24.0 Å². The quantitative estimate of drug-likeness (QED) is 0.866. The Bertz CT molecular complexity index is 576. The van der Waals surface area contributed by atoms with Crippen LogP contribution in [0.15, 0.2) is 12.1 Å². The van der Waals surface area contributed by atoms with Crippen LogP contribution in [-0.2, 0) is 0 Å². The Labute approximate surface area is 109 Å². The largest absolute Gasteiger partial charge is 0.481 e. The van der Waals surface area contributed by atoms with Crippen molar-refractivity contribution in [1.29, 1.82) is 0 Å². The number of ether oxygens (including phenoxy) is 1. The molecule has 1 N–H and O–H groups in total. The van der Waals surface area contributed by atoms with Crippen molar-refractivity contribution in [2.75, 3.05) is 19.1 Å². The Hall–Kier alpha value is -1.01.